The molecule has 0 aromatic carbocycles. The van der Waals surface area contributed by atoms with Crippen molar-refractivity contribution >= 4 is 27.5 Å². The van der Waals surface area contributed by atoms with E-state index in [0.29, 0.717) is 44.8 Å². The maximum absolute atomic E-state index is 13.4. The molecule has 1 fully saturated rings. The fourth-order valence-corrected chi connectivity index (χ4v) is 5.42. The molecular weight excluding hydrogens is 474 g/mol. The largest absolute Gasteiger partial charge is 0.477 e. The van der Waals surface area contributed by atoms with Crippen LogP contribution in [0.15, 0.2) is 17.2 Å². The molecule has 3 rings (SSSR count). The molecule has 192 valence electrons. The Morgan fingerprint density at radius 1 is 1.11 bits per heavy atom. The van der Waals surface area contributed by atoms with Crippen LogP contribution in [0, 0.1) is 0 Å². The smallest absolute Gasteiger partial charge is 0.271 e. The van der Waals surface area contributed by atoms with Crippen molar-refractivity contribution in [3.8, 4) is 5.88 Å². The highest BCUT2D eigenvalue weighted by atomic mass is 32.2. The standard InChI is InChI=1S/C22H33N7O5S/c1-5-17-18(19(20(23)30)26-29(17)7-3)25-21(31)16-13-15(14-24-22(16)34-8-4)35(32,33)28-11-9-27(6-2)10-12-28/h13-14H,5-12H2,1-4H3,(H2,23,30)(H,25,31). The van der Waals surface area contributed by atoms with E-state index in [4.69, 9.17) is 10.5 Å². The van der Waals surface area contributed by atoms with Gasteiger partial charge in [-0.05, 0) is 32.9 Å². The Labute approximate surface area is 205 Å². The summed E-state index contributed by atoms with van der Waals surface area (Å²) in [5.74, 6) is -1.48. The summed E-state index contributed by atoms with van der Waals surface area (Å²) in [6.07, 6.45) is 1.68. The molecule has 2 amide bonds. The number of nitrogens with two attached hydrogens (primary N) is 1. The number of ether oxygens (including phenoxy) is 1. The average molecular weight is 508 g/mol. The highest BCUT2D eigenvalue weighted by Crippen LogP contribution is 2.27. The number of anilines is 1. The van der Waals surface area contributed by atoms with E-state index in [1.807, 2.05) is 20.8 Å². The number of rotatable bonds is 10. The number of nitrogens with zero attached hydrogens (tertiary/aromatic N) is 5. The number of pyridine rings is 1. The highest BCUT2D eigenvalue weighted by Gasteiger charge is 2.31. The molecule has 1 saturated heterocycles. The fourth-order valence-electron chi connectivity index (χ4n) is 4.03. The lowest BCUT2D eigenvalue weighted by molar-refractivity contribution is 0.0995. The molecule has 1 aliphatic heterocycles. The van der Waals surface area contributed by atoms with Gasteiger partial charge in [-0.3, -0.25) is 14.3 Å². The molecule has 12 nitrogen and oxygen atoms in total. The topological polar surface area (TPSA) is 153 Å². The summed E-state index contributed by atoms with van der Waals surface area (Å²) < 4.78 is 35.1. The van der Waals surface area contributed by atoms with E-state index in [1.54, 1.807) is 11.6 Å². The first-order valence-corrected chi connectivity index (χ1v) is 13.2. The molecular formula is C22H33N7O5S. The number of sulfonamides is 1. The first-order chi connectivity index (χ1) is 16.7. The Hall–Kier alpha value is -3.03. The first kappa shape index (κ1) is 26.6. The van der Waals surface area contributed by atoms with Crippen molar-refractivity contribution < 1.29 is 22.7 Å². The second-order valence-electron chi connectivity index (χ2n) is 7.95. The van der Waals surface area contributed by atoms with Gasteiger partial charge in [-0.1, -0.05) is 13.8 Å². The molecule has 35 heavy (non-hydrogen) atoms. The number of hydrogen-bond donors (Lipinski definition) is 2. The fraction of sp³-hybridized carbons (Fsp3) is 0.545. The number of hydrogen-bond acceptors (Lipinski definition) is 8. The van der Waals surface area contributed by atoms with Crippen molar-refractivity contribution in [1.29, 1.82) is 0 Å². The molecule has 2 aromatic heterocycles. The van der Waals surface area contributed by atoms with Crippen LogP contribution in [0.4, 0.5) is 5.69 Å². The number of primary amides is 1. The molecule has 1 aliphatic rings. The number of aryl methyl sites for hydroxylation is 1. The third-order valence-corrected chi connectivity index (χ3v) is 7.80. The Bertz CT molecular complexity index is 1190. The molecule has 2 aromatic rings. The third kappa shape index (κ3) is 5.46. The van der Waals surface area contributed by atoms with Crippen LogP contribution in [0.2, 0.25) is 0 Å². The Morgan fingerprint density at radius 3 is 2.34 bits per heavy atom. The van der Waals surface area contributed by atoms with E-state index in [2.05, 4.69) is 20.3 Å². The van der Waals surface area contributed by atoms with Gasteiger partial charge in [0.05, 0.1) is 24.2 Å². The van der Waals surface area contributed by atoms with E-state index >= 15 is 0 Å². The van der Waals surface area contributed by atoms with Gasteiger partial charge in [0.2, 0.25) is 15.9 Å². The minimum absolute atomic E-state index is 0.0127. The summed E-state index contributed by atoms with van der Waals surface area (Å²) in [5, 5.41) is 6.90. The molecule has 0 aliphatic carbocycles. The molecule has 0 bridgehead atoms. The van der Waals surface area contributed by atoms with Crippen LogP contribution >= 0.6 is 0 Å². The predicted octanol–water partition coefficient (Wildman–Crippen LogP) is 0.937. The number of carbonyl (C=O) groups is 2. The van der Waals surface area contributed by atoms with Gasteiger partial charge >= 0.3 is 0 Å². The number of amides is 2. The zero-order valence-electron chi connectivity index (χ0n) is 20.6. The van der Waals surface area contributed by atoms with Crippen LogP contribution in [0.1, 0.15) is 54.2 Å². The molecule has 0 unspecified atom stereocenters. The van der Waals surface area contributed by atoms with Crippen molar-refractivity contribution in [2.75, 3.05) is 44.6 Å². The number of likely N-dealkylation sites (N-methyl/N-ethyl adjacent to an activating group) is 1. The van der Waals surface area contributed by atoms with Crippen molar-refractivity contribution in [2.24, 2.45) is 5.73 Å². The molecule has 13 heteroatoms. The summed E-state index contributed by atoms with van der Waals surface area (Å²) in [6, 6.07) is 1.26. The summed E-state index contributed by atoms with van der Waals surface area (Å²) in [7, 11) is -3.87. The lowest BCUT2D eigenvalue weighted by Gasteiger charge is -2.33. The predicted molar refractivity (Wildman–Crippen MR) is 130 cm³/mol. The molecule has 0 saturated carbocycles. The SMILES string of the molecule is CCOc1ncc(S(=O)(=O)N2CCN(CC)CC2)cc1C(=O)Nc1c(C(N)=O)nn(CC)c1CC. The van der Waals surface area contributed by atoms with Crippen LogP contribution < -0.4 is 15.8 Å². The Kier molecular flexibility index (Phi) is 8.46. The van der Waals surface area contributed by atoms with Crippen LogP contribution in [0.25, 0.3) is 0 Å². The zero-order chi connectivity index (χ0) is 25.8. The average Bonchev–Trinajstić information content (AvgIpc) is 3.21. The molecule has 0 atom stereocenters. The van der Waals surface area contributed by atoms with Gasteiger partial charge in [0, 0.05) is 32.7 Å². The molecule has 0 radical (unpaired) electrons. The molecule has 3 heterocycles. The van der Waals surface area contributed by atoms with E-state index in [9.17, 15) is 18.0 Å². The molecule has 3 N–H and O–H groups in total. The van der Waals surface area contributed by atoms with Gasteiger partial charge in [-0.15, -0.1) is 0 Å². The summed E-state index contributed by atoms with van der Waals surface area (Å²) >= 11 is 0. The van der Waals surface area contributed by atoms with Gasteiger partial charge < -0.3 is 20.7 Å². The number of piperazine rings is 1. The monoisotopic (exact) mass is 507 g/mol. The third-order valence-electron chi connectivity index (χ3n) is 5.93. The zero-order valence-corrected chi connectivity index (χ0v) is 21.4. The number of aromatic nitrogens is 3. The minimum Gasteiger partial charge on any atom is -0.477 e. The number of nitrogens with one attached hydrogen (secondary N) is 1. The summed E-state index contributed by atoms with van der Waals surface area (Å²) in [4.78, 5) is 31.5. The van der Waals surface area contributed by atoms with Crippen LogP contribution in [0.3, 0.4) is 0 Å². The van der Waals surface area contributed by atoms with Crippen molar-refractivity contribution in [3.63, 3.8) is 0 Å². The van der Waals surface area contributed by atoms with E-state index in [0.717, 1.165) is 6.54 Å². The van der Waals surface area contributed by atoms with Crippen LogP contribution in [-0.4, -0.2) is 83.5 Å². The number of carbonyl (C=O) groups excluding carboxylic acids is 2. The Morgan fingerprint density at radius 2 is 1.80 bits per heavy atom. The normalized spacial score (nSPS) is 15.2. The van der Waals surface area contributed by atoms with Gasteiger partial charge in [0.15, 0.2) is 5.69 Å². The van der Waals surface area contributed by atoms with E-state index < -0.39 is 21.8 Å². The Balaban J connectivity index is 1.99. The van der Waals surface area contributed by atoms with E-state index in [-0.39, 0.29) is 34.3 Å². The lowest BCUT2D eigenvalue weighted by atomic mass is 10.2. The maximum atomic E-state index is 13.4. The van der Waals surface area contributed by atoms with Crippen LogP contribution in [0.5, 0.6) is 5.88 Å². The summed E-state index contributed by atoms with van der Waals surface area (Å²) in [6.45, 7) is 11.0. The second kappa shape index (κ2) is 11.1. The maximum Gasteiger partial charge on any atom is 0.271 e. The quantitative estimate of drug-likeness (QED) is 0.482. The van der Waals surface area contributed by atoms with Gasteiger partial charge in [-0.25, -0.2) is 13.4 Å². The van der Waals surface area contributed by atoms with Gasteiger partial charge in [-0.2, -0.15) is 9.40 Å². The molecule has 0 spiro atoms. The minimum atomic E-state index is -3.87. The van der Waals surface area contributed by atoms with Crippen molar-refractivity contribution in [2.45, 2.75) is 45.6 Å². The highest BCUT2D eigenvalue weighted by molar-refractivity contribution is 7.89. The van der Waals surface area contributed by atoms with Gasteiger partial charge in [0.1, 0.15) is 10.5 Å². The van der Waals surface area contributed by atoms with Gasteiger partial charge in [0.25, 0.3) is 11.8 Å². The lowest BCUT2D eigenvalue weighted by Crippen LogP contribution is -2.48. The van der Waals surface area contributed by atoms with Crippen LogP contribution in [-0.2, 0) is 23.0 Å². The second-order valence-corrected chi connectivity index (χ2v) is 9.89. The summed E-state index contributed by atoms with van der Waals surface area (Å²) in [5.41, 5.74) is 6.17. The van der Waals surface area contributed by atoms with Crippen molar-refractivity contribution in [1.82, 2.24) is 24.0 Å². The van der Waals surface area contributed by atoms with Crippen molar-refractivity contribution in [3.05, 3.63) is 29.2 Å². The first-order valence-electron chi connectivity index (χ1n) is 11.7. The van der Waals surface area contributed by atoms with E-state index in [1.165, 1.54) is 16.6 Å².